The van der Waals surface area contributed by atoms with Crippen molar-refractivity contribution in [1.82, 2.24) is 5.32 Å². The average Bonchev–Trinajstić information content (AvgIpc) is 2.54. The number of hydrogen-bond donors (Lipinski definition) is 2. The van der Waals surface area contributed by atoms with Gasteiger partial charge in [-0.05, 0) is 53.9 Å². The number of aryl methyl sites for hydroxylation is 2. The lowest BCUT2D eigenvalue weighted by Gasteiger charge is -2.17. The van der Waals surface area contributed by atoms with E-state index >= 15 is 0 Å². The normalized spacial score (nSPS) is 10.4. The van der Waals surface area contributed by atoms with Crippen LogP contribution >= 0.6 is 35.4 Å². The molecule has 5 heteroatoms. The first kappa shape index (κ1) is 18.1. The summed E-state index contributed by atoms with van der Waals surface area (Å²) in [6.07, 6.45) is 1.92. The molecule has 0 aromatic heterocycles. The number of para-hydroxylation sites is 1. The highest BCUT2D eigenvalue weighted by Gasteiger charge is 2.08. The van der Waals surface area contributed by atoms with E-state index in [1.165, 1.54) is 11.1 Å². The van der Waals surface area contributed by atoms with E-state index in [0.717, 1.165) is 24.1 Å². The Morgan fingerprint density at radius 3 is 2.22 bits per heavy atom. The summed E-state index contributed by atoms with van der Waals surface area (Å²) in [6.45, 7) is 4.84. The first-order chi connectivity index (χ1) is 11.0. The highest BCUT2D eigenvalue weighted by atomic mass is 35.5. The van der Waals surface area contributed by atoms with Gasteiger partial charge in [0.05, 0.1) is 0 Å². The fourth-order valence-electron chi connectivity index (χ4n) is 2.40. The molecule has 0 spiro atoms. The van der Waals surface area contributed by atoms with Crippen LogP contribution in [0.2, 0.25) is 10.0 Å². The van der Waals surface area contributed by atoms with E-state index in [9.17, 15) is 0 Å². The summed E-state index contributed by atoms with van der Waals surface area (Å²) in [5.41, 5.74) is 4.59. The molecule has 0 unspecified atom stereocenters. The Labute approximate surface area is 153 Å². The van der Waals surface area contributed by atoms with Crippen molar-refractivity contribution in [2.24, 2.45) is 0 Å². The minimum Gasteiger partial charge on any atom is -0.358 e. The van der Waals surface area contributed by atoms with Gasteiger partial charge in [-0.3, -0.25) is 0 Å². The fraction of sp³-hybridized carbons (Fsp3) is 0.278. The molecular weight excluding hydrogens is 347 g/mol. The van der Waals surface area contributed by atoms with Crippen molar-refractivity contribution in [2.45, 2.75) is 33.2 Å². The van der Waals surface area contributed by atoms with Crippen molar-refractivity contribution in [1.29, 1.82) is 0 Å². The molecule has 0 aliphatic rings. The second-order valence-electron chi connectivity index (χ2n) is 5.20. The summed E-state index contributed by atoms with van der Waals surface area (Å²) in [5, 5.41) is 8.39. The van der Waals surface area contributed by atoms with E-state index < -0.39 is 0 Å². The van der Waals surface area contributed by atoms with Crippen LogP contribution in [0, 0.1) is 0 Å². The Morgan fingerprint density at radius 2 is 1.65 bits per heavy atom. The van der Waals surface area contributed by atoms with E-state index in [-0.39, 0.29) is 0 Å². The predicted octanol–water partition coefficient (Wildman–Crippen LogP) is 5.60. The molecule has 2 aromatic carbocycles. The number of hydrogen-bond acceptors (Lipinski definition) is 1. The van der Waals surface area contributed by atoms with Gasteiger partial charge in [-0.1, -0.05) is 61.3 Å². The summed E-state index contributed by atoms with van der Waals surface area (Å²) in [7, 11) is 0. The topological polar surface area (TPSA) is 24.1 Å². The van der Waals surface area contributed by atoms with Gasteiger partial charge < -0.3 is 10.6 Å². The molecule has 0 aliphatic carbocycles. The highest BCUT2D eigenvalue weighted by Crippen LogP contribution is 2.23. The maximum atomic E-state index is 6.18. The Balaban J connectivity index is 2.05. The second kappa shape index (κ2) is 8.53. The molecule has 2 rings (SSSR count). The molecule has 0 fully saturated rings. The molecule has 122 valence electrons. The Morgan fingerprint density at radius 1 is 1.00 bits per heavy atom. The van der Waals surface area contributed by atoms with Crippen LogP contribution in [-0.2, 0) is 19.4 Å². The van der Waals surface area contributed by atoms with E-state index in [2.05, 4.69) is 42.7 Å². The number of anilines is 1. The number of rotatable bonds is 5. The smallest absolute Gasteiger partial charge is 0.171 e. The SMILES string of the molecule is CCc1cccc(CC)c1NC(=S)NCc1ccc(Cl)cc1Cl. The third kappa shape index (κ3) is 4.84. The molecule has 0 bridgehead atoms. The number of nitrogens with one attached hydrogen (secondary N) is 2. The van der Waals surface area contributed by atoms with Gasteiger partial charge in [0.1, 0.15) is 0 Å². The monoisotopic (exact) mass is 366 g/mol. The molecule has 0 saturated carbocycles. The third-order valence-corrected chi connectivity index (χ3v) is 4.53. The van der Waals surface area contributed by atoms with Crippen LogP contribution in [0.25, 0.3) is 0 Å². The summed E-state index contributed by atoms with van der Waals surface area (Å²) in [5.74, 6) is 0. The van der Waals surface area contributed by atoms with Crippen LogP contribution in [0.3, 0.4) is 0 Å². The number of thiocarbonyl (C=S) groups is 1. The molecule has 23 heavy (non-hydrogen) atoms. The first-order valence-electron chi connectivity index (χ1n) is 7.64. The molecule has 0 radical (unpaired) electrons. The Kier molecular flexibility index (Phi) is 6.70. The van der Waals surface area contributed by atoms with Crippen molar-refractivity contribution < 1.29 is 0 Å². The minimum absolute atomic E-state index is 0.553. The fourth-order valence-corrected chi connectivity index (χ4v) is 3.05. The lowest BCUT2D eigenvalue weighted by Crippen LogP contribution is -2.29. The van der Waals surface area contributed by atoms with Crippen LogP contribution in [-0.4, -0.2) is 5.11 Å². The molecule has 0 aliphatic heterocycles. The number of halogens is 2. The zero-order chi connectivity index (χ0) is 16.8. The second-order valence-corrected chi connectivity index (χ2v) is 6.45. The van der Waals surface area contributed by atoms with Crippen molar-refractivity contribution in [3.05, 3.63) is 63.1 Å². The lowest BCUT2D eigenvalue weighted by molar-refractivity contribution is 0.925. The van der Waals surface area contributed by atoms with E-state index in [0.29, 0.717) is 21.7 Å². The van der Waals surface area contributed by atoms with Gasteiger partial charge in [-0.2, -0.15) is 0 Å². The standard InChI is InChI=1S/C18H20Cl2N2S/c1-3-12-6-5-7-13(4-2)17(12)22-18(23)21-11-14-8-9-15(19)10-16(14)20/h5-10H,3-4,11H2,1-2H3,(H2,21,22,23). The van der Waals surface area contributed by atoms with Crippen molar-refractivity contribution in [2.75, 3.05) is 5.32 Å². The van der Waals surface area contributed by atoms with Gasteiger partial charge >= 0.3 is 0 Å². The summed E-state index contributed by atoms with van der Waals surface area (Å²) < 4.78 is 0. The largest absolute Gasteiger partial charge is 0.358 e. The van der Waals surface area contributed by atoms with Crippen LogP contribution in [0.4, 0.5) is 5.69 Å². The third-order valence-electron chi connectivity index (χ3n) is 3.69. The lowest BCUT2D eigenvalue weighted by atomic mass is 10.0. The molecule has 0 amide bonds. The van der Waals surface area contributed by atoms with Gasteiger partial charge in [0.15, 0.2) is 5.11 Å². The van der Waals surface area contributed by atoms with E-state index in [1.54, 1.807) is 6.07 Å². The van der Waals surface area contributed by atoms with Crippen LogP contribution in [0.5, 0.6) is 0 Å². The maximum Gasteiger partial charge on any atom is 0.171 e. The Bertz CT molecular complexity index is 679. The number of benzene rings is 2. The predicted molar refractivity (Wildman–Crippen MR) is 105 cm³/mol. The van der Waals surface area contributed by atoms with Crippen molar-refractivity contribution in [3.63, 3.8) is 0 Å². The molecule has 0 saturated heterocycles. The molecule has 0 heterocycles. The van der Waals surface area contributed by atoms with Crippen molar-refractivity contribution >= 4 is 46.2 Å². The molecular formula is C18H20Cl2N2S. The van der Waals surface area contributed by atoms with E-state index in [1.807, 2.05) is 12.1 Å². The van der Waals surface area contributed by atoms with Crippen LogP contribution in [0.15, 0.2) is 36.4 Å². The van der Waals surface area contributed by atoms with Crippen LogP contribution < -0.4 is 10.6 Å². The Hall–Kier alpha value is -1.29. The molecule has 2 N–H and O–H groups in total. The molecule has 2 nitrogen and oxygen atoms in total. The van der Waals surface area contributed by atoms with Crippen LogP contribution in [0.1, 0.15) is 30.5 Å². The summed E-state index contributed by atoms with van der Waals surface area (Å²) in [4.78, 5) is 0. The zero-order valence-corrected chi connectivity index (χ0v) is 15.6. The minimum atomic E-state index is 0.553. The zero-order valence-electron chi connectivity index (χ0n) is 13.2. The van der Waals surface area contributed by atoms with Crippen molar-refractivity contribution in [3.8, 4) is 0 Å². The average molecular weight is 367 g/mol. The van der Waals surface area contributed by atoms with Gasteiger partial charge in [-0.15, -0.1) is 0 Å². The van der Waals surface area contributed by atoms with Gasteiger partial charge in [0.2, 0.25) is 0 Å². The highest BCUT2D eigenvalue weighted by molar-refractivity contribution is 7.80. The summed E-state index contributed by atoms with van der Waals surface area (Å²) >= 11 is 17.5. The maximum absolute atomic E-state index is 6.18. The van der Waals surface area contributed by atoms with Gasteiger partial charge in [0.25, 0.3) is 0 Å². The first-order valence-corrected chi connectivity index (χ1v) is 8.81. The molecule has 2 aromatic rings. The van der Waals surface area contributed by atoms with Gasteiger partial charge in [0, 0.05) is 22.3 Å². The summed E-state index contributed by atoms with van der Waals surface area (Å²) in [6, 6.07) is 11.8. The van der Waals surface area contributed by atoms with Gasteiger partial charge in [-0.25, -0.2) is 0 Å². The molecule has 0 atom stereocenters. The quantitative estimate of drug-likeness (QED) is 0.672. The van der Waals surface area contributed by atoms with E-state index in [4.69, 9.17) is 35.4 Å².